The predicted molar refractivity (Wildman–Crippen MR) is 91.2 cm³/mol. The van der Waals surface area contributed by atoms with E-state index in [1.54, 1.807) is 7.11 Å². The Bertz CT molecular complexity index is 622. The first-order chi connectivity index (χ1) is 10.8. The molecule has 3 rings (SSSR count). The van der Waals surface area contributed by atoms with Crippen molar-refractivity contribution in [1.82, 2.24) is 4.90 Å². The minimum absolute atomic E-state index is 0.925. The molecule has 0 saturated heterocycles. The smallest absolute Gasteiger partial charge is 0.118 e. The van der Waals surface area contributed by atoms with E-state index in [-0.39, 0.29) is 0 Å². The molecule has 116 valence electrons. The minimum atomic E-state index is 0.925. The van der Waals surface area contributed by atoms with Gasteiger partial charge in [0.15, 0.2) is 0 Å². The summed E-state index contributed by atoms with van der Waals surface area (Å²) in [6.45, 7) is 3.28. The van der Waals surface area contributed by atoms with E-state index in [2.05, 4.69) is 29.2 Å². The first-order valence-electron chi connectivity index (χ1n) is 7.98. The molecule has 2 aromatic rings. The number of nitrogen functional groups attached to an aromatic ring is 1. The number of aryl methyl sites for hydroxylation is 1. The molecule has 0 aromatic heterocycles. The van der Waals surface area contributed by atoms with Gasteiger partial charge in [0.2, 0.25) is 0 Å². The Labute approximate surface area is 132 Å². The molecule has 0 radical (unpaired) electrons. The molecule has 1 aliphatic heterocycles. The molecule has 0 aliphatic carbocycles. The van der Waals surface area contributed by atoms with E-state index in [4.69, 9.17) is 10.5 Å². The van der Waals surface area contributed by atoms with Gasteiger partial charge in [-0.1, -0.05) is 24.3 Å². The Balaban J connectivity index is 1.50. The van der Waals surface area contributed by atoms with Crippen molar-refractivity contribution >= 4 is 5.69 Å². The average Bonchev–Trinajstić information content (AvgIpc) is 2.56. The van der Waals surface area contributed by atoms with Crippen molar-refractivity contribution in [2.75, 3.05) is 25.9 Å². The van der Waals surface area contributed by atoms with Crippen molar-refractivity contribution in [3.63, 3.8) is 0 Å². The third-order valence-electron chi connectivity index (χ3n) is 4.48. The van der Waals surface area contributed by atoms with Crippen LogP contribution in [-0.4, -0.2) is 25.1 Å². The number of nitrogens with zero attached hydrogens (tertiary/aromatic N) is 1. The Kier molecular flexibility index (Phi) is 4.64. The summed E-state index contributed by atoms with van der Waals surface area (Å²) in [7, 11) is 1.70. The second-order valence-corrected chi connectivity index (χ2v) is 5.96. The van der Waals surface area contributed by atoms with Crippen LogP contribution < -0.4 is 10.5 Å². The lowest BCUT2D eigenvalue weighted by Crippen LogP contribution is -2.32. The van der Waals surface area contributed by atoms with Gasteiger partial charge in [0.05, 0.1) is 7.11 Å². The van der Waals surface area contributed by atoms with E-state index >= 15 is 0 Å². The van der Waals surface area contributed by atoms with Gasteiger partial charge in [-0.2, -0.15) is 0 Å². The highest BCUT2D eigenvalue weighted by Crippen LogP contribution is 2.24. The third kappa shape index (κ3) is 3.42. The van der Waals surface area contributed by atoms with Crippen LogP contribution in [0.2, 0.25) is 0 Å². The van der Waals surface area contributed by atoms with Crippen LogP contribution in [0.3, 0.4) is 0 Å². The number of hydrogen-bond acceptors (Lipinski definition) is 3. The molecule has 0 bridgehead atoms. The summed E-state index contributed by atoms with van der Waals surface area (Å²) in [5.74, 6) is 0.925. The summed E-state index contributed by atoms with van der Waals surface area (Å²) in [5, 5.41) is 0. The van der Waals surface area contributed by atoms with Crippen LogP contribution in [0.5, 0.6) is 5.75 Å². The fraction of sp³-hybridized carbons (Fsp3) is 0.368. The molecule has 2 N–H and O–H groups in total. The van der Waals surface area contributed by atoms with Gasteiger partial charge in [-0.05, 0) is 60.7 Å². The molecule has 3 heteroatoms. The summed E-state index contributed by atoms with van der Waals surface area (Å²) in [5.41, 5.74) is 11.1. The lowest BCUT2D eigenvalue weighted by atomic mass is 9.97. The van der Waals surface area contributed by atoms with Gasteiger partial charge >= 0.3 is 0 Å². The number of hydrogen-bond donors (Lipinski definition) is 1. The number of anilines is 1. The van der Waals surface area contributed by atoms with Gasteiger partial charge < -0.3 is 10.5 Å². The highest BCUT2D eigenvalue weighted by molar-refractivity contribution is 5.51. The SMILES string of the molecule is COc1ccc(CCCN2CCc3c(N)cccc3C2)cc1. The van der Waals surface area contributed by atoms with Crippen molar-refractivity contribution in [3.05, 3.63) is 59.2 Å². The normalized spacial score (nSPS) is 14.6. The van der Waals surface area contributed by atoms with Gasteiger partial charge in [-0.15, -0.1) is 0 Å². The highest BCUT2D eigenvalue weighted by Gasteiger charge is 2.17. The van der Waals surface area contributed by atoms with Crippen LogP contribution in [0, 0.1) is 0 Å². The van der Waals surface area contributed by atoms with Gasteiger partial charge in [0.25, 0.3) is 0 Å². The fourth-order valence-corrected chi connectivity index (χ4v) is 3.19. The van der Waals surface area contributed by atoms with Crippen LogP contribution in [-0.2, 0) is 19.4 Å². The molecule has 2 aromatic carbocycles. The maximum absolute atomic E-state index is 6.06. The van der Waals surface area contributed by atoms with Gasteiger partial charge in [0.1, 0.15) is 5.75 Å². The Morgan fingerprint density at radius 3 is 2.73 bits per heavy atom. The van der Waals surface area contributed by atoms with E-state index in [1.165, 1.54) is 23.1 Å². The van der Waals surface area contributed by atoms with Crippen LogP contribution in [0.1, 0.15) is 23.1 Å². The van der Waals surface area contributed by atoms with Gasteiger partial charge in [0, 0.05) is 18.8 Å². The van der Waals surface area contributed by atoms with Crippen molar-refractivity contribution < 1.29 is 4.74 Å². The summed E-state index contributed by atoms with van der Waals surface area (Å²) in [6, 6.07) is 14.7. The number of ether oxygens (including phenoxy) is 1. The molecule has 3 nitrogen and oxygen atoms in total. The second kappa shape index (κ2) is 6.84. The van der Waals surface area contributed by atoms with Crippen molar-refractivity contribution in [2.45, 2.75) is 25.8 Å². The number of benzene rings is 2. The summed E-state index contributed by atoms with van der Waals surface area (Å²) in [6.07, 6.45) is 3.37. The summed E-state index contributed by atoms with van der Waals surface area (Å²) >= 11 is 0. The Hall–Kier alpha value is -2.00. The van der Waals surface area contributed by atoms with Crippen LogP contribution in [0.15, 0.2) is 42.5 Å². The second-order valence-electron chi connectivity index (χ2n) is 5.96. The number of fused-ring (bicyclic) bond motifs is 1. The molecule has 1 heterocycles. The highest BCUT2D eigenvalue weighted by atomic mass is 16.5. The number of rotatable bonds is 5. The Morgan fingerprint density at radius 1 is 1.14 bits per heavy atom. The molecule has 0 fully saturated rings. The third-order valence-corrected chi connectivity index (χ3v) is 4.48. The van der Waals surface area contributed by atoms with Crippen LogP contribution in [0.4, 0.5) is 5.69 Å². The Morgan fingerprint density at radius 2 is 1.95 bits per heavy atom. The monoisotopic (exact) mass is 296 g/mol. The quantitative estimate of drug-likeness (QED) is 0.861. The van der Waals surface area contributed by atoms with E-state index in [0.717, 1.165) is 43.9 Å². The van der Waals surface area contributed by atoms with E-state index in [0.29, 0.717) is 0 Å². The molecule has 1 aliphatic rings. The van der Waals surface area contributed by atoms with Crippen molar-refractivity contribution in [1.29, 1.82) is 0 Å². The first kappa shape index (κ1) is 14.9. The molecule has 0 spiro atoms. The molecule has 0 atom stereocenters. The lowest BCUT2D eigenvalue weighted by Gasteiger charge is -2.29. The molecule has 0 saturated carbocycles. The molecule has 0 amide bonds. The zero-order chi connectivity index (χ0) is 15.4. The first-order valence-corrected chi connectivity index (χ1v) is 7.98. The fourth-order valence-electron chi connectivity index (χ4n) is 3.19. The number of nitrogens with two attached hydrogens (primary N) is 1. The van der Waals surface area contributed by atoms with Crippen LogP contribution in [0.25, 0.3) is 0 Å². The van der Waals surface area contributed by atoms with Crippen molar-refractivity contribution in [2.24, 2.45) is 0 Å². The van der Waals surface area contributed by atoms with E-state index in [1.807, 2.05) is 18.2 Å². The standard InChI is InChI=1S/C19H24N2O/c1-22-17-9-7-15(8-10-17)4-3-12-21-13-11-18-16(14-21)5-2-6-19(18)20/h2,5-10H,3-4,11-14,20H2,1H3. The molecule has 0 unspecified atom stereocenters. The van der Waals surface area contributed by atoms with E-state index in [9.17, 15) is 0 Å². The minimum Gasteiger partial charge on any atom is -0.497 e. The average molecular weight is 296 g/mol. The van der Waals surface area contributed by atoms with E-state index < -0.39 is 0 Å². The predicted octanol–water partition coefficient (Wildman–Crippen LogP) is 3.27. The van der Waals surface area contributed by atoms with Crippen molar-refractivity contribution in [3.8, 4) is 5.75 Å². The molecular weight excluding hydrogens is 272 g/mol. The topological polar surface area (TPSA) is 38.5 Å². The summed E-state index contributed by atoms with van der Waals surface area (Å²) < 4.78 is 5.19. The number of methoxy groups -OCH3 is 1. The maximum Gasteiger partial charge on any atom is 0.118 e. The van der Waals surface area contributed by atoms with Gasteiger partial charge in [-0.3, -0.25) is 4.90 Å². The maximum atomic E-state index is 6.06. The van der Waals surface area contributed by atoms with Gasteiger partial charge in [-0.25, -0.2) is 0 Å². The molecule has 22 heavy (non-hydrogen) atoms. The largest absolute Gasteiger partial charge is 0.497 e. The molecular formula is C19H24N2O. The lowest BCUT2D eigenvalue weighted by molar-refractivity contribution is 0.251. The zero-order valence-electron chi connectivity index (χ0n) is 13.2. The summed E-state index contributed by atoms with van der Waals surface area (Å²) in [4.78, 5) is 2.53. The van der Waals surface area contributed by atoms with Crippen LogP contribution >= 0.6 is 0 Å². The zero-order valence-corrected chi connectivity index (χ0v) is 13.2.